The lowest BCUT2D eigenvalue weighted by atomic mass is 9.89. The van der Waals surface area contributed by atoms with Gasteiger partial charge in [0.25, 0.3) is 0 Å². The third kappa shape index (κ3) is 6.37. The molecule has 1 aliphatic carbocycles. The van der Waals surface area contributed by atoms with E-state index in [2.05, 4.69) is 9.97 Å². The number of carbonyl (C=O) groups is 2. The lowest BCUT2D eigenvalue weighted by molar-refractivity contribution is -0.142. The largest absolute Gasteiger partial charge is 0.419 e. The molecule has 0 radical (unpaired) electrons. The number of nitrogens with zero attached hydrogens (tertiary/aromatic N) is 5. The van der Waals surface area contributed by atoms with E-state index < -0.39 is 11.7 Å². The fourth-order valence-corrected chi connectivity index (χ4v) is 6.07. The van der Waals surface area contributed by atoms with Gasteiger partial charge in [-0.25, -0.2) is 9.97 Å². The molecule has 2 atom stereocenters. The number of benzene rings is 1. The minimum Gasteiger partial charge on any atom is -0.344 e. The molecule has 2 saturated heterocycles. The molecule has 1 aromatic carbocycles. The lowest BCUT2D eigenvalue weighted by Crippen LogP contribution is -2.46. The van der Waals surface area contributed by atoms with Crippen LogP contribution in [0.1, 0.15) is 43.7 Å². The molecule has 7 nitrogen and oxygen atoms in total. The van der Waals surface area contributed by atoms with Crippen molar-refractivity contribution in [3.63, 3.8) is 0 Å². The van der Waals surface area contributed by atoms with Crippen molar-refractivity contribution in [2.45, 2.75) is 45.2 Å². The number of likely N-dealkylation sites (tertiary alicyclic amines) is 2. The molecule has 40 heavy (non-hydrogen) atoms. The molecule has 0 spiro atoms. The van der Waals surface area contributed by atoms with E-state index in [1.54, 1.807) is 11.9 Å². The highest BCUT2D eigenvalue weighted by Gasteiger charge is 2.48. The Morgan fingerprint density at radius 2 is 1.62 bits per heavy atom. The normalized spacial score (nSPS) is 22.9. The van der Waals surface area contributed by atoms with E-state index in [4.69, 9.17) is 11.6 Å². The zero-order chi connectivity index (χ0) is 28.7. The van der Waals surface area contributed by atoms with E-state index in [1.807, 2.05) is 41.0 Å². The molecule has 216 valence electrons. The predicted octanol–water partition coefficient (Wildman–Crippen LogP) is 4.94. The molecule has 3 heterocycles. The number of carbonyl (C=O) groups excluding carboxylic acids is 2. The number of rotatable bonds is 7. The van der Waals surface area contributed by atoms with Crippen LogP contribution in [0.2, 0.25) is 5.02 Å². The molecule has 1 saturated carbocycles. The summed E-state index contributed by atoms with van der Waals surface area (Å²) in [6, 6.07) is 7.67. The van der Waals surface area contributed by atoms with E-state index in [1.165, 1.54) is 0 Å². The topological polar surface area (TPSA) is 69.6 Å². The molecule has 3 aliphatic rings. The molecule has 2 aliphatic heterocycles. The Labute approximate surface area is 237 Å². The summed E-state index contributed by atoms with van der Waals surface area (Å²) in [6.07, 6.45) is 1.09. The highest BCUT2D eigenvalue weighted by Crippen LogP contribution is 2.47. The van der Waals surface area contributed by atoms with Crippen molar-refractivity contribution in [1.29, 1.82) is 0 Å². The third-order valence-corrected chi connectivity index (χ3v) is 9.01. The van der Waals surface area contributed by atoms with Gasteiger partial charge < -0.3 is 14.7 Å². The van der Waals surface area contributed by atoms with Crippen molar-refractivity contribution >= 4 is 29.4 Å². The summed E-state index contributed by atoms with van der Waals surface area (Å²) < 4.78 is 38.9. The maximum absolute atomic E-state index is 13.6. The van der Waals surface area contributed by atoms with Crippen molar-refractivity contribution in [1.82, 2.24) is 19.8 Å². The molecule has 1 aromatic heterocycles. The summed E-state index contributed by atoms with van der Waals surface area (Å²) in [5, 5.41) is 0.656. The number of halogens is 4. The Balaban J connectivity index is 1.25. The van der Waals surface area contributed by atoms with Gasteiger partial charge in [-0.2, -0.15) is 13.2 Å². The van der Waals surface area contributed by atoms with Gasteiger partial charge in [0.05, 0.1) is 5.56 Å². The van der Waals surface area contributed by atoms with Crippen molar-refractivity contribution in [3.8, 4) is 0 Å². The van der Waals surface area contributed by atoms with Crippen LogP contribution >= 0.6 is 11.6 Å². The number of hydrogen-bond donors (Lipinski definition) is 0. The Morgan fingerprint density at radius 1 is 1.02 bits per heavy atom. The van der Waals surface area contributed by atoms with Crippen LogP contribution in [0.15, 0.2) is 36.7 Å². The van der Waals surface area contributed by atoms with E-state index >= 15 is 0 Å². The first-order valence-corrected chi connectivity index (χ1v) is 14.2. The van der Waals surface area contributed by atoms with Gasteiger partial charge in [0.15, 0.2) is 0 Å². The summed E-state index contributed by atoms with van der Waals surface area (Å²) in [5.41, 5.74) is 0.0286. The predicted molar refractivity (Wildman–Crippen MR) is 146 cm³/mol. The van der Waals surface area contributed by atoms with E-state index in [-0.39, 0.29) is 40.9 Å². The number of amides is 2. The average Bonchev–Trinajstić information content (AvgIpc) is 3.58. The Morgan fingerprint density at radius 3 is 2.20 bits per heavy atom. The Kier molecular flexibility index (Phi) is 8.01. The first-order chi connectivity index (χ1) is 18.9. The summed E-state index contributed by atoms with van der Waals surface area (Å²) in [5.74, 6) is 0.676. The van der Waals surface area contributed by atoms with Crippen LogP contribution in [-0.4, -0.2) is 71.4 Å². The zero-order valence-electron chi connectivity index (χ0n) is 22.8. The van der Waals surface area contributed by atoms with Crippen LogP contribution in [0.4, 0.5) is 19.1 Å². The molecule has 5 rings (SSSR count). The smallest absolute Gasteiger partial charge is 0.344 e. The lowest BCUT2D eigenvalue weighted by Gasteiger charge is -2.34. The minimum absolute atomic E-state index is 0.0759. The monoisotopic (exact) mass is 577 g/mol. The van der Waals surface area contributed by atoms with Gasteiger partial charge in [-0.3, -0.25) is 9.59 Å². The van der Waals surface area contributed by atoms with Gasteiger partial charge in [-0.15, -0.1) is 0 Å². The molecule has 0 bridgehead atoms. The summed E-state index contributed by atoms with van der Waals surface area (Å²) in [6.45, 7) is 4.91. The molecule has 2 aromatic rings. The number of anilines is 1. The van der Waals surface area contributed by atoms with Crippen LogP contribution in [0.3, 0.4) is 0 Å². The fraction of sp³-hybridized carbons (Fsp3) is 0.586. The third-order valence-electron chi connectivity index (χ3n) is 8.76. The van der Waals surface area contributed by atoms with Crippen molar-refractivity contribution in [2.75, 3.05) is 44.7 Å². The first-order valence-electron chi connectivity index (χ1n) is 13.9. The molecular weight excluding hydrogens is 543 g/mol. The van der Waals surface area contributed by atoms with Gasteiger partial charge in [-0.05, 0) is 61.6 Å². The summed E-state index contributed by atoms with van der Waals surface area (Å²) in [4.78, 5) is 39.9. The van der Waals surface area contributed by atoms with Gasteiger partial charge >= 0.3 is 6.18 Å². The number of alkyl halides is 3. The molecule has 1 unspecified atom stereocenters. The van der Waals surface area contributed by atoms with Gasteiger partial charge in [-0.1, -0.05) is 30.7 Å². The number of aromatic nitrogens is 2. The highest BCUT2D eigenvalue weighted by molar-refractivity contribution is 6.30. The summed E-state index contributed by atoms with van der Waals surface area (Å²) >= 11 is 6.07. The van der Waals surface area contributed by atoms with Crippen LogP contribution in [-0.2, 0) is 22.2 Å². The number of piperidine rings is 1. The van der Waals surface area contributed by atoms with Gasteiger partial charge in [0, 0.05) is 68.5 Å². The summed E-state index contributed by atoms with van der Waals surface area (Å²) in [7, 11) is 1.76. The van der Waals surface area contributed by atoms with E-state index in [0.717, 1.165) is 37.2 Å². The zero-order valence-corrected chi connectivity index (χ0v) is 23.6. The molecule has 2 amide bonds. The van der Waals surface area contributed by atoms with Crippen LogP contribution in [0, 0.1) is 23.2 Å². The quantitative estimate of drug-likeness (QED) is 0.466. The van der Waals surface area contributed by atoms with Crippen LogP contribution < -0.4 is 4.90 Å². The molecule has 3 fully saturated rings. The second-order valence-corrected chi connectivity index (χ2v) is 12.3. The number of hydrogen-bond acceptors (Lipinski definition) is 5. The van der Waals surface area contributed by atoms with E-state index in [0.29, 0.717) is 50.6 Å². The molecular formula is C29H35ClF3N5O2. The molecule has 0 N–H and O–H groups in total. The van der Waals surface area contributed by atoms with Crippen molar-refractivity contribution in [3.05, 3.63) is 52.8 Å². The van der Waals surface area contributed by atoms with Crippen molar-refractivity contribution < 1.29 is 22.8 Å². The van der Waals surface area contributed by atoms with Crippen LogP contribution in [0.25, 0.3) is 0 Å². The van der Waals surface area contributed by atoms with Gasteiger partial charge in [0.1, 0.15) is 0 Å². The second kappa shape index (κ2) is 11.2. The average molecular weight is 578 g/mol. The highest BCUT2D eigenvalue weighted by atomic mass is 35.5. The Hall–Kier alpha value is -2.88. The van der Waals surface area contributed by atoms with Gasteiger partial charge in [0.2, 0.25) is 17.8 Å². The van der Waals surface area contributed by atoms with E-state index in [9.17, 15) is 22.8 Å². The SMILES string of the molecule is CN(C[C@H]1CN(C(=O)C2CCN(C(=O)C3(C)CC3)CC2)CC1Cc1ccc(Cl)cc1)c1ncc(C(F)(F)F)cn1. The molecule has 11 heteroatoms. The second-order valence-electron chi connectivity index (χ2n) is 11.9. The maximum Gasteiger partial charge on any atom is 0.419 e. The minimum atomic E-state index is -4.49. The van der Waals surface area contributed by atoms with Crippen LogP contribution in [0.5, 0.6) is 0 Å². The standard InChI is InChI=1S/C29H35ClF3N5O2/c1-28(9-10-28)26(40)37-11-7-20(8-12-37)25(39)38-17-21(13-19-3-5-24(30)6-4-19)22(18-38)16-36(2)27-34-14-23(15-35-27)29(31,32)33/h3-6,14-15,20-22H,7-13,16-18H2,1-2H3/t21?,22-/m0/s1. The maximum atomic E-state index is 13.6. The van der Waals surface area contributed by atoms with Crippen molar-refractivity contribution in [2.24, 2.45) is 23.2 Å². The Bertz CT molecular complexity index is 1210. The first kappa shape index (κ1) is 28.6. The fourth-order valence-electron chi connectivity index (χ4n) is 5.95.